The van der Waals surface area contributed by atoms with Gasteiger partial charge in [0, 0.05) is 12.1 Å². The first kappa shape index (κ1) is 28.3. The number of aliphatic hydroxyl groups excluding tert-OH is 6. The minimum atomic E-state index is -2.42. The van der Waals surface area contributed by atoms with Crippen molar-refractivity contribution >= 4 is 5.78 Å². The van der Waals surface area contributed by atoms with Gasteiger partial charge in [-0.25, -0.2) is 0 Å². The second-order valence-corrected chi connectivity index (χ2v) is 9.92. The zero-order valence-corrected chi connectivity index (χ0v) is 21.2. The lowest BCUT2D eigenvalue weighted by molar-refractivity contribution is -0.369. The van der Waals surface area contributed by atoms with Crippen LogP contribution < -0.4 is 14.2 Å². The summed E-state index contributed by atoms with van der Waals surface area (Å²) in [5, 5.41) is 82.0. The molecular formula is C26H30O14. The smallest absolute Gasteiger partial charge is 0.268 e. The first-order valence-corrected chi connectivity index (χ1v) is 12.4. The van der Waals surface area contributed by atoms with Gasteiger partial charge in [0.25, 0.3) is 5.79 Å². The van der Waals surface area contributed by atoms with Crippen LogP contribution in [0.1, 0.15) is 28.4 Å². The molecule has 14 heteroatoms. The Labute approximate surface area is 227 Å². The van der Waals surface area contributed by atoms with Crippen LogP contribution in [-0.2, 0) is 9.47 Å². The molecule has 3 aliphatic heterocycles. The maximum atomic E-state index is 13.1. The highest BCUT2D eigenvalue weighted by Gasteiger charge is 2.62. The second kappa shape index (κ2) is 10.6. The van der Waals surface area contributed by atoms with Crippen LogP contribution >= 0.6 is 0 Å². The molecule has 2 fully saturated rings. The molecule has 5 rings (SSSR count). The number of rotatable bonds is 5. The fourth-order valence-corrected chi connectivity index (χ4v) is 5.14. The van der Waals surface area contributed by atoms with Crippen LogP contribution in [0.5, 0.6) is 28.7 Å². The lowest BCUT2D eigenvalue weighted by atomic mass is 9.86. The van der Waals surface area contributed by atoms with Crippen molar-refractivity contribution in [3.63, 3.8) is 0 Å². The van der Waals surface area contributed by atoms with E-state index < -0.39 is 73.6 Å². The van der Waals surface area contributed by atoms with Crippen molar-refractivity contribution in [1.82, 2.24) is 0 Å². The fraction of sp³-hybridized carbons (Fsp3) is 0.500. The molecule has 0 saturated carbocycles. The molecule has 0 aromatic heterocycles. The van der Waals surface area contributed by atoms with Crippen molar-refractivity contribution in [2.45, 2.75) is 61.0 Å². The molecule has 2 aromatic carbocycles. The summed E-state index contributed by atoms with van der Waals surface area (Å²) in [6, 6.07) is 6.54. The molecule has 2 saturated heterocycles. The predicted molar refractivity (Wildman–Crippen MR) is 130 cm³/mol. The number of ketones is 1. The monoisotopic (exact) mass is 566 g/mol. The van der Waals surface area contributed by atoms with Crippen molar-refractivity contribution in [3.8, 4) is 28.7 Å². The van der Waals surface area contributed by atoms with Gasteiger partial charge < -0.3 is 64.5 Å². The van der Waals surface area contributed by atoms with Gasteiger partial charge in [-0.3, -0.25) is 4.79 Å². The Morgan fingerprint density at radius 3 is 2.33 bits per heavy atom. The first-order valence-electron chi connectivity index (χ1n) is 12.4. The van der Waals surface area contributed by atoms with Gasteiger partial charge in [-0.05, 0) is 17.7 Å². The van der Waals surface area contributed by atoms with Crippen LogP contribution in [0.4, 0.5) is 0 Å². The Bertz CT molecular complexity index is 1270. The number of Topliss-reactive ketones (excluding diaryl/α,β-unsaturated/α-hetero) is 1. The lowest BCUT2D eigenvalue weighted by Crippen LogP contribution is -2.74. The Balaban J connectivity index is 1.54. The highest BCUT2D eigenvalue weighted by Crippen LogP contribution is 2.45. The Morgan fingerprint density at radius 2 is 1.62 bits per heavy atom. The summed E-state index contributed by atoms with van der Waals surface area (Å²) < 4.78 is 28.6. The standard InChI is InChI=1S/C26H30O14/c1-36-18-5-11(6-19-20(18)14(29)7-17(39-19)10-2-3-12(27)13(28)4-10)40-26(24(35)22(33)16(31)9-38-26)25-23(34)21(32)15(30)8-37-25/h2-6,15-17,21-25,27-28,30-35H,7-9H2,1H3. The molecule has 3 heterocycles. The van der Waals surface area contributed by atoms with Crippen molar-refractivity contribution < 1.29 is 69.3 Å². The van der Waals surface area contributed by atoms with Gasteiger partial charge in [0.05, 0.1) is 26.7 Å². The Hall–Kier alpha value is -3.21. The number of aliphatic hydroxyl groups is 6. The lowest BCUT2D eigenvalue weighted by Gasteiger charge is -2.51. The Kier molecular flexibility index (Phi) is 7.54. The Morgan fingerprint density at radius 1 is 0.900 bits per heavy atom. The quantitative estimate of drug-likeness (QED) is 0.193. The summed E-state index contributed by atoms with van der Waals surface area (Å²) in [4.78, 5) is 13.1. The van der Waals surface area contributed by atoms with Crippen LogP contribution in [0.25, 0.3) is 0 Å². The van der Waals surface area contributed by atoms with E-state index in [9.17, 15) is 45.6 Å². The highest BCUT2D eigenvalue weighted by molar-refractivity contribution is 6.02. The molecule has 0 amide bonds. The van der Waals surface area contributed by atoms with Gasteiger partial charge in [-0.1, -0.05) is 6.07 Å². The minimum absolute atomic E-state index is 0.00948. The number of aromatic hydroxyl groups is 2. The van der Waals surface area contributed by atoms with E-state index in [-0.39, 0.29) is 40.8 Å². The zero-order valence-electron chi connectivity index (χ0n) is 21.2. The summed E-state index contributed by atoms with van der Waals surface area (Å²) in [6.07, 6.45) is -13.1. The average Bonchev–Trinajstić information content (AvgIpc) is 2.93. The van der Waals surface area contributed by atoms with Gasteiger partial charge in [-0.2, -0.15) is 0 Å². The van der Waals surface area contributed by atoms with Crippen LogP contribution in [0, 0.1) is 0 Å². The van der Waals surface area contributed by atoms with E-state index in [2.05, 4.69) is 0 Å². The number of fused-ring (bicyclic) bond motifs is 1. The largest absolute Gasteiger partial charge is 0.504 e. The molecule has 8 N–H and O–H groups in total. The number of benzene rings is 2. The van der Waals surface area contributed by atoms with Gasteiger partial charge >= 0.3 is 0 Å². The van der Waals surface area contributed by atoms with E-state index in [1.54, 1.807) is 0 Å². The number of phenolic OH excluding ortho intramolecular Hbond substituents is 2. The predicted octanol–water partition coefficient (Wildman–Crippen LogP) is -1.52. The van der Waals surface area contributed by atoms with E-state index in [0.29, 0.717) is 5.56 Å². The topological polar surface area (TPSA) is 225 Å². The molecule has 0 radical (unpaired) electrons. The number of methoxy groups -OCH3 is 1. The fourth-order valence-electron chi connectivity index (χ4n) is 5.14. The highest BCUT2D eigenvalue weighted by atomic mass is 16.7. The van der Waals surface area contributed by atoms with Crippen LogP contribution in [0.3, 0.4) is 0 Å². The number of hydrogen-bond donors (Lipinski definition) is 8. The van der Waals surface area contributed by atoms with E-state index in [1.807, 2.05) is 0 Å². The molecule has 40 heavy (non-hydrogen) atoms. The third-order valence-corrected chi connectivity index (χ3v) is 7.33. The molecule has 14 nitrogen and oxygen atoms in total. The van der Waals surface area contributed by atoms with Gasteiger partial charge in [0.2, 0.25) is 0 Å². The molecule has 9 unspecified atom stereocenters. The van der Waals surface area contributed by atoms with Crippen LogP contribution in [-0.4, -0.2) is 115 Å². The molecule has 0 aliphatic carbocycles. The molecule has 9 atom stereocenters. The summed E-state index contributed by atoms with van der Waals surface area (Å²) in [6.45, 7) is -1.04. The van der Waals surface area contributed by atoms with E-state index in [1.165, 1.54) is 37.4 Å². The van der Waals surface area contributed by atoms with E-state index in [0.717, 1.165) is 0 Å². The number of phenols is 2. The zero-order chi connectivity index (χ0) is 28.9. The third kappa shape index (κ3) is 4.71. The molecule has 218 valence electrons. The van der Waals surface area contributed by atoms with Crippen LogP contribution in [0.2, 0.25) is 0 Å². The third-order valence-electron chi connectivity index (χ3n) is 7.33. The maximum Gasteiger partial charge on any atom is 0.268 e. The summed E-state index contributed by atoms with van der Waals surface area (Å²) in [5.41, 5.74) is 0.474. The molecule has 2 aromatic rings. The van der Waals surface area contributed by atoms with Gasteiger partial charge in [0.1, 0.15) is 59.4 Å². The number of ether oxygens (including phenoxy) is 5. The summed E-state index contributed by atoms with van der Waals surface area (Å²) in [5.74, 6) is -3.67. The molecule has 3 aliphatic rings. The van der Waals surface area contributed by atoms with Crippen molar-refractivity contribution in [2.75, 3.05) is 20.3 Å². The SMILES string of the molecule is COc1cc(OC2(C3OCC(O)C(O)C3O)OCC(O)C(O)C2O)cc2c1C(=O)CC(c1ccc(O)c(O)c1)O2. The van der Waals surface area contributed by atoms with Gasteiger partial charge in [0.15, 0.2) is 29.5 Å². The van der Waals surface area contributed by atoms with Crippen LogP contribution in [0.15, 0.2) is 30.3 Å². The summed E-state index contributed by atoms with van der Waals surface area (Å²) >= 11 is 0. The molecular weight excluding hydrogens is 536 g/mol. The summed E-state index contributed by atoms with van der Waals surface area (Å²) in [7, 11) is 1.30. The number of carbonyl (C=O) groups is 1. The van der Waals surface area contributed by atoms with Crippen molar-refractivity contribution in [3.05, 3.63) is 41.5 Å². The number of carbonyl (C=O) groups excluding carboxylic acids is 1. The van der Waals surface area contributed by atoms with Crippen molar-refractivity contribution in [2.24, 2.45) is 0 Å². The minimum Gasteiger partial charge on any atom is -0.504 e. The second-order valence-electron chi connectivity index (χ2n) is 9.92. The normalized spacial score (nSPS) is 35.9. The van der Waals surface area contributed by atoms with E-state index in [4.69, 9.17) is 23.7 Å². The van der Waals surface area contributed by atoms with Crippen molar-refractivity contribution in [1.29, 1.82) is 0 Å². The number of hydrogen-bond acceptors (Lipinski definition) is 14. The first-order chi connectivity index (χ1) is 19.0. The molecule has 0 bridgehead atoms. The van der Waals surface area contributed by atoms with E-state index >= 15 is 0 Å². The van der Waals surface area contributed by atoms with Gasteiger partial charge in [-0.15, -0.1) is 0 Å². The molecule has 0 spiro atoms. The average molecular weight is 567 g/mol. The maximum absolute atomic E-state index is 13.1.